The molecule has 1 aromatic heterocycles. The minimum absolute atomic E-state index is 0.0911. The Hall–Kier alpha value is -3.05. The first kappa shape index (κ1) is 17.4. The highest BCUT2D eigenvalue weighted by molar-refractivity contribution is 6.15. The summed E-state index contributed by atoms with van der Waals surface area (Å²) in [5, 5.41) is 13.3. The molecule has 2 aromatic carbocycles. The molecule has 0 unspecified atom stereocenters. The largest absolute Gasteiger partial charge is 0.872 e. The summed E-state index contributed by atoms with van der Waals surface area (Å²) in [5.74, 6) is 0.420. The van der Waals surface area contributed by atoms with E-state index in [0.717, 1.165) is 27.9 Å². The van der Waals surface area contributed by atoms with Crippen molar-refractivity contribution in [3.05, 3.63) is 65.0 Å². The Bertz CT molecular complexity index is 1080. The number of aryl methyl sites for hydroxylation is 1. The lowest BCUT2D eigenvalue weighted by Crippen LogP contribution is -3.04. The number of carbonyl (C=O) groups excluding carboxylic acids is 1. The first-order valence-electron chi connectivity index (χ1n) is 9.13. The van der Waals surface area contributed by atoms with Crippen molar-refractivity contribution in [3.63, 3.8) is 0 Å². The number of ketones is 1. The van der Waals surface area contributed by atoms with E-state index in [-0.39, 0.29) is 17.3 Å². The van der Waals surface area contributed by atoms with Crippen LogP contribution in [0.25, 0.3) is 17.0 Å². The van der Waals surface area contributed by atoms with Crippen LogP contribution < -0.4 is 14.7 Å². The van der Waals surface area contributed by atoms with Gasteiger partial charge in [0.1, 0.15) is 12.3 Å². The lowest BCUT2D eigenvalue weighted by Gasteiger charge is -2.17. The summed E-state index contributed by atoms with van der Waals surface area (Å²) in [4.78, 5) is 14.0. The number of para-hydroxylation sites is 1. The summed E-state index contributed by atoms with van der Waals surface area (Å²) in [5.41, 5.74) is 3.08. The number of quaternary nitrogens is 1. The van der Waals surface area contributed by atoms with Crippen LogP contribution in [0.15, 0.2) is 48.4 Å². The summed E-state index contributed by atoms with van der Waals surface area (Å²) >= 11 is 0. The smallest absolute Gasteiger partial charge is 0.231 e. The minimum Gasteiger partial charge on any atom is -0.872 e. The number of nitrogens with one attached hydrogen (secondary N) is 1. The summed E-state index contributed by atoms with van der Waals surface area (Å²) in [6.07, 6.45) is 3.81. The molecule has 0 spiro atoms. The van der Waals surface area contributed by atoms with Gasteiger partial charge in [-0.25, -0.2) is 0 Å². The SMILES string of the molecule is CCn1cc(C=C2Oc3c(ccc([O-])c3C[NH+](C)C)C2=O)c2ccccc21. The van der Waals surface area contributed by atoms with Gasteiger partial charge in [0.05, 0.1) is 19.7 Å². The van der Waals surface area contributed by atoms with E-state index in [1.54, 1.807) is 12.1 Å². The van der Waals surface area contributed by atoms with E-state index in [1.165, 1.54) is 6.07 Å². The third kappa shape index (κ3) is 2.90. The highest BCUT2D eigenvalue weighted by Gasteiger charge is 2.30. The van der Waals surface area contributed by atoms with Crippen LogP contribution in [0.4, 0.5) is 0 Å². The van der Waals surface area contributed by atoms with Crippen LogP contribution in [0.1, 0.15) is 28.4 Å². The zero-order valence-electron chi connectivity index (χ0n) is 15.7. The third-order valence-electron chi connectivity index (χ3n) is 4.87. The van der Waals surface area contributed by atoms with Crippen molar-refractivity contribution in [1.29, 1.82) is 0 Å². The Morgan fingerprint density at radius 3 is 2.70 bits per heavy atom. The molecule has 1 N–H and O–H groups in total. The number of fused-ring (bicyclic) bond motifs is 2. The molecule has 138 valence electrons. The van der Waals surface area contributed by atoms with E-state index < -0.39 is 0 Å². The van der Waals surface area contributed by atoms with Gasteiger partial charge in [0.2, 0.25) is 5.78 Å². The molecule has 0 saturated carbocycles. The molecule has 1 aliphatic heterocycles. The van der Waals surface area contributed by atoms with Crippen LogP contribution in [0, 0.1) is 0 Å². The van der Waals surface area contributed by atoms with Crippen molar-refractivity contribution < 1.29 is 19.5 Å². The fraction of sp³-hybridized carbons (Fsp3) is 0.227. The van der Waals surface area contributed by atoms with Crippen molar-refractivity contribution in [2.45, 2.75) is 20.0 Å². The topological polar surface area (TPSA) is 58.7 Å². The number of benzene rings is 2. The zero-order chi connectivity index (χ0) is 19.1. The van der Waals surface area contributed by atoms with Crippen LogP contribution in [0.3, 0.4) is 0 Å². The van der Waals surface area contributed by atoms with Gasteiger partial charge in [0, 0.05) is 34.8 Å². The number of aromatic nitrogens is 1. The zero-order valence-corrected chi connectivity index (χ0v) is 15.7. The highest BCUT2D eigenvalue weighted by Crippen LogP contribution is 2.38. The average molecular weight is 362 g/mol. The number of nitrogens with zero attached hydrogens (tertiary/aromatic N) is 1. The van der Waals surface area contributed by atoms with Crippen molar-refractivity contribution in [2.75, 3.05) is 14.1 Å². The molecule has 1 aliphatic rings. The molecular weight excluding hydrogens is 340 g/mol. The van der Waals surface area contributed by atoms with Gasteiger partial charge in [-0.05, 0) is 25.1 Å². The summed E-state index contributed by atoms with van der Waals surface area (Å²) < 4.78 is 8.06. The Labute approximate surface area is 158 Å². The van der Waals surface area contributed by atoms with Gasteiger partial charge < -0.3 is 19.3 Å². The minimum atomic E-state index is -0.173. The predicted octanol–water partition coefficient (Wildman–Crippen LogP) is 2.00. The van der Waals surface area contributed by atoms with E-state index in [9.17, 15) is 9.90 Å². The van der Waals surface area contributed by atoms with Gasteiger partial charge in [-0.1, -0.05) is 30.0 Å². The van der Waals surface area contributed by atoms with Crippen molar-refractivity contribution >= 4 is 22.8 Å². The molecule has 27 heavy (non-hydrogen) atoms. The second-order valence-corrected chi connectivity index (χ2v) is 7.13. The number of carbonyl (C=O) groups is 1. The van der Waals surface area contributed by atoms with Crippen molar-refractivity contribution in [1.82, 2.24) is 4.57 Å². The summed E-state index contributed by atoms with van der Waals surface area (Å²) in [6, 6.07) is 11.1. The van der Waals surface area contributed by atoms with Gasteiger partial charge in [-0.15, -0.1) is 0 Å². The predicted molar refractivity (Wildman–Crippen MR) is 103 cm³/mol. The maximum absolute atomic E-state index is 12.9. The highest BCUT2D eigenvalue weighted by atomic mass is 16.5. The molecule has 4 rings (SSSR count). The average Bonchev–Trinajstić information content (AvgIpc) is 3.16. The molecule has 0 aliphatic carbocycles. The molecule has 0 atom stereocenters. The lowest BCUT2D eigenvalue weighted by molar-refractivity contribution is -0.872. The fourth-order valence-electron chi connectivity index (χ4n) is 3.60. The van der Waals surface area contributed by atoms with Crippen molar-refractivity contribution in [3.8, 4) is 11.5 Å². The molecule has 5 nitrogen and oxygen atoms in total. The summed E-state index contributed by atoms with van der Waals surface area (Å²) in [7, 11) is 3.93. The first-order chi connectivity index (χ1) is 13.0. The molecule has 0 amide bonds. The number of allylic oxidation sites excluding steroid dienone is 1. The quantitative estimate of drug-likeness (QED) is 0.722. The van der Waals surface area contributed by atoms with E-state index in [4.69, 9.17) is 4.74 Å². The molecule has 3 aromatic rings. The van der Waals surface area contributed by atoms with Gasteiger partial charge in [0.15, 0.2) is 5.76 Å². The number of hydrogen-bond donors (Lipinski definition) is 1. The van der Waals surface area contributed by atoms with Crippen LogP contribution in [0.5, 0.6) is 11.5 Å². The van der Waals surface area contributed by atoms with E-state index in [0.29, 0.717) is 23.4 Å². The Balaban J connectivity index is 1.80. The van der Waals surface area contributed by atoms with Crippen LogP contribution in [-0.4, -0.2) is 24.4 Å². The van der Waals surface area contributed by atoms with Gasteiger partial charge in [0.25, 0.3) is 0 Å². The first-order valence-corrected chi connectivity index (χ1v) is 9.13. The molecule has 0 bridgehead atoms. The molecule has 0 radical (unpaired) electrons. The standard InChI is InChI=1S/C22H22N2O3/c1-4-24-12-14(15-7-5-6-8-18(15)24)11-20-21(26)16-9-10-19(25)17(13-23(2)3)22(16)27-20/h5-12,25H,4,13H2,1-3H3. The van der Waals surface area contributed by atoms with Gasteiger partial charge in [-0.3, -0.25) is 4.79 Å². The van der Waals surface area contributed by atoms with Crippen LogP contribution in [-0.2, 0) is 13.1 Å². The maximum atomic E-state index is 12.9. The third-order valence-corrected chi connectivity index (χ3v) is 4.87. The van der Waals surface area contributed by atoms with E-state index in [2.05, 4.69) is 17.6 Å². The van der Waals surface area contributed by atoms with E-state index in [1.807, 2.05) is 38.5 Å². The number of Topliss-reactive ketones (excluding diaryl/α,β-unsaturated/α-hetero) is 1. The van der Waals surface area contributed by atoms with Gasteiger partial charge in [-0.2, -0.15) is 0 Å². The van der Waals surface area contributed by atoms with Crippen LogP contribution >= 0.6 is 0 Å². The second kappa shape index (κ2) is 6.59. The van der Waals surface area contributed by atoms with E-state index >= 15 is 0 Å². The molecule has 5 heteroatoms. The normalized spacial score (nSPS) is 15.0. The molecule has 2 heterocycles. The van der Waals surface area contributed by atoms with Crippen molar-refractivity contribution in [2.24, 2.45) is 0 Å². The van der Waals surface area contributed by atoms with Gasteiger partial charge >= 0.3 is 0 Å². The fourth-order valence-corrected chi connectivity index (χ4v) is 3.60. The molecule has 0 saturated heterocycles. The Morgan fingerprint density at radius 2 is 1.96 bits per heavy atom. The van der Waals surface area contributed by atoms with Crippen LogP contribution in [0.2, 0.25) is 0 Å². The number of rotatable bonds is 4. The maximum Gasteiger partial charge on any atom is 0.231 e. The summed E-state index contributed by atoms with van der Waals surface area (Å²) in [6.45, 7) is 3.44. The molecular formula is C22H22N2O3. The monoisotopic (exact) mass is 362 g/mol. The second-order valence-electron chi connectivity index (χ2n) is 7.13. The number of ether oxygens (including phenoxy) is 1. The Morgan fingerprint density at radius 1 is 1.19 bits per heavy atom. The molecule has 0 fully saturated rings. The Kier molecular flexibility index (Phi) is 4.24. The number of hydrogen-bond acceptors (Lipinski definition) is 3. The lowest BCUT2D eigenvalue weighted by atomic mass is 10.0.